The molecule has 1 aromatic heterocycles. The van der Waals surface area contributed by atoms with Gasteiger partial charge in [-0.3, -0.25) is 9.82 Å². The van der Waals surface area contributed by atoms with Gasteiger partial charge in [-0.15, -0.1) is 0 Å². The third-order valence-corrected chi connectivity index (χ3v) is 3.81. The molecule has 4 N–H and O–H groups in total. The normalized spacial score (nSPS) is 11.6. The summed E-state index contributed by atoms with van der Waals surface area (Å²) < 4.78 is 65.4. The van der Waals surface area contributed by atoms with Gasteiger partial charge in [-0.25, -0.2) is 21.6 Å². The van der Waals surface area contributed by atoms with E-state index in [0.29, 0.717) is 5.56 Å². The standard InChI is InChI=1S/C10H9F3N4O2S/c11-6-1-7(12)9(8(13)2-6)20(18,19)17-10-5(3-14)4-15-16-10/h1-2,4H,3,14H2,(H2,15,16,17). The van der Waals surface area contributed by atoms with Gasteiger partial charge in [0.25, 0.3) is 10.0 Å². The number of sulfonamides is 1. The lowest BCUT2D eigenvalue weighted by molar-refractivity contribution is 0.498. The molecular formula is C10H9F3N4O2S. The summed E-state index contributed by atoms with van der Waals surface area (Å²) in [7, 11) is -4.59. The predicted molar refractivity (Wildman–Crippen MR) is 63.6 cm³/mol. The zero-order valence-corrected chi connectivity index (χ0v) is 10.6. The lowest BCUT2D eigenvalue weighted by Gasteiger charge is -2.09. The molecular weight excluding hydrogens is 297 g/mol. The summed E-state index contributed by atoms with van der Waals surface area (Å²) in [6.45, 7) is -0.0390. The number of halogens is 3. The van der Waals surface area contributed by atoms with Crippen molar-refractivity contribution < 1.29 is 21.6 Å². The van der Waals surface area contributed by atoms with E-state index in [-0.39, 0.29) is 24.5 Å². The van der Waals surface area contributed by atoms with Gasteiger partial charge in [-0.2, -0.15) is 5.10 Å². The largest absolute Gasteiger partial charge is 0.326 e. The van der Waals surface area contributed by atoms with Crippen LogP contribution in [0.25, 0.3) is 0 Å². The number of nitrogens with two attached hydrogens (primary N) is 1. The van der Waals surface area contributed by atoms with Crippen LogP contribution in [0.15, 0.2) is 23.2 Å². The fourth-order valence-corrected chi connectivity index (χ4v) is 2.70. The number of hydrogen-bond donors (Lipinski definition) is 3. The zero-order chi connectivity index (χ0) is 14.9. The Morgan fingerprint density at radius 1 is 1.25 bits per heavy atom. The molecule has 20 heavy (non-hydrogen) atoms. The van der Waals surface area contributed by atoms with Crippen molar-refractivity contribution in [3.8, 4) is 0 Å². The van der Waals surface area contributed by atoms with Crippen molar-refractivity contribution >= 4 is 15.8 Å². The highest BCUT2D eigenvalue weighted by Gasteiger charge is 2.26. The Kier molecular flexibility index (Phi) is 3.68. The first-order valence-corrected chi connectivity index (χ1v) is 6.73. The van der Waals surface area contributed by atoms with Crippen LogP contribution in [0.4, 0.5) is 19.0 Å². The van der Waals surface area contributed by atoms with E-state index in [1.165, 1.54) is 6.20 Å². The van der Waals surface area contributed by atoms with E-state index in [1.807, 2.05) is 4.72 Å². The van der Waals surface area contributed by atoms with Crippen molar-refractivity contribution in [3.05, 3.63) is 41.3 Å². The second-order valence-corrected chi connectivity index (χ2v) is 5.40. The van der Waals surface area contributed by atoms with E-state index in [2.05, 4.69) is 10.2 Å². The molecule has 0 saturated carbocycles. The molecule has 0 amide bonds. The number of aromatic amines is 1. The number of nitrogens with one attached hydrogen (secondary N) is 2. The number of rotatable bonds is 4. The SMILES string of the molecule is NCc1cn[nH]c1NS(=O)(=O)c1c(F)cc(F)cc1F. The van der Waals surface area contributed by atoms with Crippen LogP contribution in [-0.2, 0) is 16.6 Å². The zero-order valence-electron chi connectivity index (χ0n) is 9.82. The summed E-state index contributed by atoms with van der Waals surface area (Å²) >= 11 is 0. The van der Waals surface area contributed by atoms with Gasteiger partial charge >= 0.3 is 0 Å². The van der Waals surface area contributed by atoms with E-state index in [1.54, 1.807) is 0 Å². The molecule has 2 rings (SSSR count). The Bertz CT molecular complexity index is 722. The molecule has 0 unspecified atom stereocenters. The summed E-state index contributed by atoms with van der Waals surface area (Å²) in [4.78, 5) is -1.28. The van der Waals surface area contributed by atoms with Crippen LogP contribution in [0, 0.1) is 17.5 Å². The quantitative estimate of drug-likeness (QED) is 0.787. The number of hydrogen-bond acceptors (Lipinski definition) is 4. The van der Waals surface area contributed by atoms with Crippen molar-refractivity contribution in [1.82, 2.24) is 10.2 Å². The Hall–Kier alpha value is -2.07. The molecule has 0 radical (unpaired) electrons. The van der Waals surface area contributed by atoms with Crippen molar-refractivity contribution in [2.24, 2.45) is 5.73 Å². The molecule has 108 valence electrons. The van der Waals surface area contributed by atoms with Gasteiger partial charge in [-0.05, 0) is 0 Å². The van der Waals surface area contributed by atoms with Crippen molar-refractivity contribution in [1.29, 1.82) is 0 Å². The summed E-state index contributed by atoms with van der Waals surface area (Å²) in [6, 6.07) is 0.545. The van der Waals surface area contributed by atoms with E-state index in [9.17, 15) is 21.6 Å². The minimum Gasteiger partial charge on any atom is -0.326 e. The summed E-state index contributed by atoms with van der Waals surface area (Å²) in [5, 5.41) is 5.84. The lowest BCUT2D eigenvalue weighted by atomic mass is 10.3. The van der Waals surface area contributed by atoms with Crippen molar-refractivity contribution in [2.75, 3.05) is 4.72 Å². The molecule has 0 aliphatic carbocycles. The number of H-pyrrole nitrogens is 1. The molecule has 0 atom stereocenters. The van der Waals surface area contributed by atoms with Gasteiger partial charge < -0.3 is 5.73 Å². The van der Waals surface area contributed by atoms with Gasteiger partial charge in [-0.1, -0.05) is 0 Å². The van der Waals surface area contributed by atoms with Crippen LogP contribution in [0.3, 0.4) is 0 Å². The minimum atomic E-state index is -4.59. The monoisotopic (exact) mass is 306 g/mol. The molecule has 0 spiro atoms. The Labute approximate surface area is 111 Å². The molecule has 6 nitrogen and oxygen atoms in total. The predicted octanol–water partition coefficient (Wildman–Crippen LogP) is 1.09. The highest BCUT2D eigenvalue weighted by Crippen LogP contribution is 2.23. The van der Waals surface area contributed by atoms with Crippen LogP contribution < -0.4 is 10.5 Å². The minimum absolute atomic E-state index is 0.0390. The van der Waals surface area contributed by atoms with Crippen LogP contribution in [0.1, 0.15) is 5.56 Å². The average Bonchev–Trinajstić information content (AvgIpc) is 2.73. The number of nitrogens with zero attached hydrogens (tertiary/aromatic N) is 1. The molecule has 10 heteroatoms. The first-order chi connectivity index (χ1) is 9.35. The topological polar surface area (TPSA) is 101 Å². The number of benzene rings is 1. The summed E-state index contributed by atoms with van der Waals surface area (Å²) in [6.07, 6.45) is 1.26. The van der Waals surface area contributed by atoms with Gasteiger partial charge in [0.05, 0.1) is 6.20 Å². The molecule has 0 saturated heterocycles. The lowest BCUT2D eigenvalue weighted by Crippen LogP contribution is -2.18. The van der Waals surface area contributed by atoms with E-state index in [4.69, 9.17) is 5.73 Å². The molecule has 0 bridgehead atoms. The maximum atomic E-state index is 13.5. The van der Waals surface area contributed by atoms with Crippen LogP contribution >= 0.6 is 0 Å². The van der Waals surface area contributed by atoms with E-state index >= 15 is 0 Å². The highest BCUT2D eigenvalue weighted by molar-refractivity contribution is 7.92. The second-order valence-electron chi connectivity index (χ2n) is 3.78. The highest BCUT2D eigenvalue weighted by atomic mass is 32.2. The molecule has 1 aromatic carbocycles. The maximum absolute atomic E-state index is 13.5. The molecule has 0 fully saturated rings. The molecule has 0 aliphatic rings. The van der Waals surface area contributed by atoms with E-state index in [0.717, 1.165) is 0 Å². The molecule has 0 aliphatic heterocycles. The van der Waals surface area contributed by atoms with Crippen LogP contribution in [0.2, 0.25) is 0 Å². The first kappa shape index (κ1) is 14.3. The smallest absolute Gasteiger partial charge is 0.268 e. The average molecular weight is 306 g/mol. The number of aromatic nitrogens is 2. The summed E-state index contributed by atoms with van der Waals surface area (Å²) in [5.41, 5.74) is 5.64. The second kappa shape index (κ2) is 5.13. The number of anilines is 1. The Balaban J connectivity index is 2.46. The fraction of sp³-hybridized carbons (Fsp3) is 0.100. The van der Waals surface area contributed by atoms with Crippen molar-refractivity contribution in [2.45, 2.75) is 11.4 Å². The molecule has 2 aromatic rings. The third-order valence-electron chi connectivity index (χ3n) is 2.41. The Morgan fingerprint density at radius 3 is 2.40 bits per heavy atom. The van der Waals surface area contributed by atoms with Crippen LogP contribution in [0.5, 0.6) is 0 Å². The van der Waals surface area contributed by atoms with Crippen LogP contribution in [-0.4, -0.2) is 18.6 Å². The molecule has 1 heterocycles. The van der Waals surface area contributed by atoms with Gasteiger partial charge in [0.15, 0.2) is 4.90 Å². The van der Waals surface area contributed by atoms with E-state index < -0.39 is 32.4 Å². The third kappa shape index (κ3) is 2.60. The fourth-order valence-electron chi connectivity index (χ4n) is 1.53. The van der Waals surface area contributed by atoms with Crippen molar-refractivity contribution in [3.63, 3.8) is 0 Å². The Morgan fingerprint density at radius 2 is 1.85 bits per heavy atom. The maximum Gasteiger partial charge on any atom is 0.268 e. The van der Waals surface area contributed by atoms with Gasteiger partial charge in [0, 0.05) is 24.2 Å². The summed E-state index contributed by atoms with van der Waals surface area (Å²) in [5.74, 6) is -4.41. The first-order valence-electron chi connectivity index (χ1n) is 5.25. The van der Waals surface area contributed by atoms with Gasteiger partial charge in [0.1, 0.15) is 23.3 Å². The van der Waals surface area contributed by atoms with Gasteiger partial charge in [0.2, 0.25) is 0 Å².